The van der Waals surface area contributed by atoms with Crippen molar-refractivity contribution in [1.29, 1.82) is 0 Å². The Morgan fingerprint density at radius 1 is 0.955 bits per heavy atom. The minimum absolute atomic E-state index is 0.734. The van der Waals surface area contributed by atoms with Crippen LogP contribution in [0.1, 0.15) is 33.1 Å². The van der Waals surface area contributed by atoms with Gasteiger partial charge >= 0.3 is 0 Å². The standard InChI is InChI=1S/C19H35N3/c1-15(2)10-19(4-5-19)14-22-12-17-16(18(17)13-22)11-21-8-6-20(3)7-9-21/h15-18H,4-14H2,1-3H3/t16-,17-,18+. The summed E-state index contributed by atoms with van der Waals surface area (Å²) in [4.78, 5) is 8.02. The maximum absolute atomic E-state index is 2.82. The van der Waals surface area contributed by atoms with Gasteiger partial charge in [0.25, 0.3) is 0 Å². The zero-order valence-electron chi connectivity index (χ0n) is 14.9. The Morgan fingerprint density at radius 3 is 2.14 bits per heavy atom. The number of piperazine rings is 1. The molecule has 0 unspecified atom stereocenters. The number of likely N-dealkylation sites (N-methyl/N-ethyl adjacent to an activating group) is 1. The molecule has 0 aromatic rings. The largest absolute Gasteiger partial charge is 0.304 e. The van der Waals surface area contributed by atoms with Gasteiger partial charge in [-0.15, -0.1) is 0 Å². The highest BCUT2D eigenvalue weighted by Crippen LogP contribution is 2.56. The number of likely N-dealkylation sites (tertiary alicyclic amines) is 1. The van der Waals surface area contributed by atoms with Gasteiger partial charge in [0.15, 0.2) is 0 Å². The Balaban J connectivity index is 1.19. The van der Waals surface area contributed by atoms with Crippen molar-refractivity contribution in [3.05, 3.63) is 0 Å². The van der Waals surface area contributed by atoms with Gasteiger partial charge < -0.3 is 14.7 Å². The van der Waals surface area contributed by atoms with Crippen molar-refractivity contribution in [1.82, 2.24) is 14.7 Å². The average Bonchev–Trinajstić information content (AvgIpc) is 3.29. The first-order valence-corrected chi connectivity index (χ1v) is 9.68. The number of hydrogen-bond donors (Lipinski definition) is 0. The van der Waals surface area contributed by atoms with Gasteiger partial charge in [0.1, 0.15) is 0 Å². The van der Waals surface area contributed by atoms with E-state index in [2.05, 4.69) is 35.6 Å². The van der Waals surface area contributed by atoms with Crippen LogP contribution in [0.25, 0.3) is 0 Å². The lowest BCUT2D eigenvalue weighted by Crippen LogP contribution is -2.45. The van der Waals surface area contributed by atoms with E-state index in [1.165, 1.54) is 71.6 Å². The van der Waals surface area contributed by atoms with Crippen molar-refractivity contribution < 1.29 is 0 Å². The van der Waals surface area contributed by atoms with Gasteiger partial charge in [-0.3, -0.25) is 0 Å². The monoisotopic (exact) mass is 305 g/mol. The first-order valence-electron chi connectivity index (χ1n) is 9.68. The third kappa shape index (κ3) is 3.22. The molecule has 2 heterocycles. The van der Waals surface area contributed by atoms with Gasteiger partial charge in [0.05, 0.1) is 0 Å². The smallest absolute Gasteiger partial charge is 0.0110 e. The van der Waals surface area contributed by atoms with E-state index in [9.17, 15) is 0 Å². The molecule has 0 N–H and O–H groups in total. The summed E-state index contributed by atoms with van der Waals surface area (Å²) in [5.74, 6) is 4.02. The van der Waals surface area contributed by atoms with Crippen molar-refractivity contribution in [2.24, 2.45) is 29.1 Å². The van der Waals surface area contributed by atoms with E-state index in [1.54, 1.807) is 0 Å². The molecule has 3 nitrogen and oxygen atoms in total. The van der Waals surface area contributed by atoms with E-state index in [1.807, 2.05) is 0 Å². The van der Waals surface area contributed by atoms with Gasteiger partial charge in [-0.05, 0) is 55.4 Å². The minimum Gasteiger partial charge on any atom is -0.304 e. The Kier molecular flexibility index (Phi) is 4.03. The summed E-state index contributed by atoms with van der Waals surface area (Å²) in [6, 6.07) is 0. The van der Waals surface area contributed by atoms with Crippen LogP contribution in [-0.2, 0) is 0 Å². The van der Waals surface area contributed by atoms with Crippen LogP contribution in [0.2, 0.25) is 0 Å². The summed E-state index contributed by atoms with van der Waals surface area (Å²) in [6.07, 6.45) is 4.47. The van der Waals surface area contributed by atoms with Crippen LogP contribution >= 0.6 is 0 Å². The average molecular weight is 306 g/mol. The number of rotatable bonds is 6. The number of fused-ring (bicyclic) bond motifs is 1. The van der Waals surface area contributed by atoms with E-state index in [4.69, 9.17) is 0 Å². The van der Waals surface area contributed by atoms with Crippen molar-refractivity contribution in [3.63, 3.8) is 0 Å². The molecule has 22 heavy (non-hydrogen) atoms. The number of piperidine rings is 1. The quantitative estimate of drug-likeness (QED) is 0.745. The fourth-order valence-corrected chi connectivity index (χ4v) is 5.41. The molecule has 0 spiro atoms. The van der Waals surface area contributed by atoms with Crippen LogP contribution in [0.5, 0.6) is 0 Å². The summed E-state index contributed by atoms with van der Waals surface area (Å²) in [5, 5.41) is 0. The second kappa shape index (κ2) is 5.75. The molecule has 2 saturated carbocycles. The summed E-state index contributed by atoms with van der Waals surface area (Å²) >= 11 is 0. The molecule has 4 rings (SSSR count). The lowest BCUT2D eigenvalue weighted by atomic mass is 9.93. The van der Waals surface area contributed by atoms with Crippen LogP contribution in [0.4, 0.5) is 0 Å². The topological polar surface area (TPSA) is 9.72 Å². The third-order valence-corrected chi connectivity index (χ3v) is 6.87. The van der Waals surface area contributed by atoms with Crippen LogP contribution in [0, 0.1) is 29.1 Å². The highest BCUT2D eigenvalue weighted by molar-refractivity contribution is 5.08. The SMILES string of the molecule is CC(C)CC1(CN2C[C@@H]3[C@@H](CN4CCN(C)CC4)[C@@H]3C2)CC1. The Morgan fingerprint density at radius 2 is 1.59 bits per heavy atom. The van der Waals surface area contributed by atoms with Crippen molar-refractivity contribution in [3.8, 4) is 0 Å². The van der Waals surface area contributed by atoms with Gasteiger partial charge in [-0.25, -0.2) is 0 Å². The van der Waals surface area contributed by atoms with Crippen LogP contribution in [0.3, 0.4) is 0 Å². The molecule has 2 aliphatic heterocycles. The zero-order chi connectivity index (χ0) is 15.3. The van der Waals surface area contributed by atoms with Gasteiger partial charge in [0, 0.05) is 52.4 Å². The van der Waals surface area contributed by atoms with Crippen molar-refractivity contribution in [2.45, 2.75) is 33.1 Å². The highest BCUT2D eigenvalue weighted by atomic mass is 15.3. The van der Waals surface area contributed by atoms with Crippen LogP contribution in [-0.4, -0.2) is 74.1 Å². The molecule has 0 aromatic heterocycles. The second-order valence-corrected chi connectivity index (χ2v) is 9.39. The van der Waals surface area contributed by atoms with E-state index in [-0.39, 0.29) is 0 Å². The van der Waals surface area contributed by atoms with Gasteiger partial charge in [0.2, 0.25) is 0 Å². The molecule has 3 heteroatoms. The summed E-state index contributed by atoms with van der Waals surface area (Å²) < 4.78 is 0. The lowest BCUT2D eigenvalue weighted by Gasteiger charge is -2.33. The molecule has 2 aliphatic carbocycles. The van der Waals surface area contributed by atoms with Crippen LogP contribution in [0.15, 0.2) is 0 Å². The molecule has 0 amide bonds. The zero-order valence-corrected chi connectivity index (χ0v) is 14.9. The third-order valence-electron chi connectivity index (χ3n) is 6.87. The molecule has 0 aromatic carbocycles. The number of hydrogen-bond acceptors (Lipinski definition) is 3. The minimum atomic E-state index is 0.734. The second-order valence-electron chi connectivity index (χ2n) is 9.39. The molecule has 4 aliphatic rings. The molecular weight excluding hydrogens is 270 g/mol. The fourth-order valence-electron chi connectivity index (χ4n) is 5.41. The molecule has 3 atom stereocenters. The molecule has 0 bridgehead atoms. The summed E-state index contributed by atoms with van der Waals surface area (Å²) in [6.45, 7) is 15.6. The molecule has 2 saturated heterocycles. The highest BCUT2D eigenvalue weighted by Gasteiger charge is 2.57. The first kappa shape index (κ1) is 15.4. The van der Waals surface area contributed by atoms with Crippen molar-refractivity contribution >= 4 is 0 Å². The normalized spacial score (nSPS) is 38.5. The maximum Gasteiger partial charge on any atom is 0.0110 e. The van der Waals surface area contributed by atoms with Gasteiger partial charge in [-0.2, -0.15) is 0 Å². The molecule has 4 fully saturated rings. The first-order chi connectivity index (χ1) is 10.5. The van der Waals surface area contributed by atoms with E-state index in [0.717, 1.165) is 29.1 Å². The van der Waals surface area contributed by atoms with E-state index in [0.29, 0.717) is 0 Å². The molecule has 0 radical (unpaired) electrons. The van der Waals surface area contributed by atoms with Crippen molar-refractivity contribution in [2.75, 3.05) is 59.4 Å². The molecule has 126 valence electrons. The van der Waals surface area contributed by atoms with E-state index >= 15 is 0 Å². The summed E-state index contributed by atoms with van der Waals surface area (Å²) in [7, 11) is 2.26. The van der Waals surface area contributed by atoms with E-state index < -0.39 is 0 Å². The lowest BCUT2D eigenvalue weighted by molar-refractivity contribution is 0.137. The summed E-state index contributed by atoms with van der Waals surface area (Å²) in [5.41, 5.74) is 0.734. The predicted molar refractivity (Wildman–Crippen MR) is 92.0 cm³/mol. The fraction of sp³-hybridized carbons (Fsp3) is 1.00. The maximum atomic E-state index is 2.82. The Labute approximate surface area is 137 Å². The Bertz CT molecular complexity index is 383. The van der Waals surface area contributed by atoms with Gasteiger partial charge in [-0.1, -0.05) is 13.8 Å². The Hall–Kier alpha value is -0.120. The number of nitrogens with zero attached hydrogens (tertiary/aromatic N) is 3. The molecular formula is C19H35N3. The predicted octanol–water partition coefficient (Wildman–Crippen LogP) is 2.24. The van der Waals surface area contributed by atoms with Crippen LogP contribution < -0.4 is 0 Å².